The van der Waals surface area contributed by atoms with Gasteiger partial charge in [0.1, 0.15) is 0 Å². The van der Waals surface area contributed by atoms with Gasteiger partial charge in [0.25, 0.3) is 0 Å². The Hall–Kier alpha value is -5.86. The summed E-state index contributed by atoms with van der Waals surface area (Å²) in [7, 11) is 0. The summed E-state index contributed by atoms with van der Waals surface area (Å²) in [5.41, 5.74) is 7.26. The van der Waals surface area contributed by atoms with Gasteiger partial charge in [0, 0.05) is 38.3 Å². The highest BCUT2D eigenvalue weighted by atomic mass is 15.0. The smallest absolute Gasteiger partial charge is 0.0625 e. The summed E-state index contributed by atoms with van der Waals surface area (Å²) in [6.07, 6.45) is 0. The molecule has 44 heavy (non-hydrogen) atoms. The van der Waals surface area contributed by atoms with Crippen molar-refractivity contribution in [3.63, 3.8) is 0 Å². The van der Waals surface area contributed by atoms with E-state index in [0.29, 0.717) is 0 Å². The minimum Gasteiger partial charge on any atom is -0.309 e. The lowest BCUT2D eigenvalue weighted by atomic mass is 9.93. The summed E-state index contributed by atoms with van der Waals surface area (Å²) in [6.45, 7) is 0. The topological polar surface area (TPSA) is 9.86 Å². The average Bonchev–Trinajstić information content (AvgIpc) is 3.62. The van der Waals surface area contributed by atoms with Crippen molar-refractivity contribution in [2.45, 2.75) is 0 Å². The first-order chi connectivity index (χ1) is 21.9. The molecule has 0 spiro atoms. The van der Waals surface area contributed by atoms with Crippen LogP contribution in [0.1, 0.15) is 0 Å². The molecule has 0 saturated carbocycles. The van der Waals surface area contributed by atoms with E-state index < -0.39 is 0 Å². The van der Waals surface area contributed by atoms with Gasteiger partial charge in [-0.05, 0) is 69.4 Å². The molecule has 0 aliphatic heterocycles. The molecule has 0 N–H and O–H groups in total. The number of hydrogen-bond donors (Lipinski definition) is 0. The Bertz CT molecular complexity index is 2760. The van der Waals surface area contributed by atoms with Crippen LogP contribution in [-0.2, 0) is 0 Å². The molecule has 2 heterocycles. The maximum Gasteiger partial charge on any atom is 0.0625 e. The Labute approximate surface area is 253 Å². The molecule has 2 nitrogen and oxygen atoms in total. The van der Waals surface area contributed by atoms with Crippen molar-refractivity contribution in [1.29, 1.82) is 0 Å². The molecule has 0 bridgehead atoms. The summed E-state index contributed by atoms with van der Waals surface area (Å²) in [4.78, 5) is 0. The minimum atomic E-state index is 1.17. The summed E-state index contributed by atoms with van der Waals surface area (Å²) in [5, 5.41) is 12.9. The Morgan fingerprint density at radius 2 is 0.909 bits per heavy atom. The fraction of sp³-hybridized carbons (Fsp3) is 0. The van der Waals surface area contributed by atoms with Crippen molar-refractivity contribution in [3.05, 3.63) is 158 Å². The number of aromatic nitrogens is 2. The van der Waals surface area contributed by atoms with Crippen LogP contribution in [0.5, 0.6) is 0 Å². The molecule has 0 unspecified atom stereocenters. The maximum absolute atomic E-state index is 2.50. The number of fused-ring (bicyclic) bond motifs is 13. The predicted molar refractivity (Wildman–Crippen MR) is 188 cm³/mol. The van der Waals surface area contributed by atoms with Gasteiger partial charge < -0.3 is 9.13 Å². The number of benzene rings is 8. The first-order valence-corrected chi connectivity index (χ1v) is 15.2. The quantitative estimate of drug-likeness (QED) is 0.187. The van der Waals surface area contributed by atoms with Gasteiger partial charge in [-0.1, -0.05) is 115 Å². The van der Waals surface area contributed by atoms with E-state index in [-0.39, 0.29) is 0 Å². The molecule has 10 rings (SSSR count). The predicted octanol–water partition coefficient (Wildman–Crippen LogP) is 11.3. The standard InChI is InChI=1S/C42H26N2/c1-2-13-28(14-3-1)43-37-20-10-8-16-31(37)36-26-29(23-25-39(36)43)44-38-21-11-9-19-34(38)41-35-24-22-27-12-4-5-15-30(27)40(35)32-17-6-7-18-33(32)42(41)44/h1-26H. The van der Waals surface area contributed by atoms with Crippen LogP contribution in [0.3, 0.4) is 0 Å². The van der Waals surface area contributed by atoms with Gasteiger partial charge in [-0.25, -0.2) is 0 Å². The van der Waals surface area contributed by atoms with Crippen molar-refractivity contribution in [2.24, 2.45) is 0 Å². The molecule has 0 amide bonds. The van der Waals surface area contributed by atoms with Gasteiger partial charge in [-0.15, -0.1) is 0 Å². The molecule has 0 saturated heterocycles. The summed E-state index contributed by atoms with van der Waals surface area (Å²) in [5.74, 6) is 0. The summed E-state index contributed by atoms with van der Waals surface area (Å²) < 4.78 is 4.88. The molecular formula is C42H26N2. The van der Waals surface area contributed by atoms with Gasteiger partial charge >= 0.3 is 0 Å². The van der Waals surface area contributed by atoms with Crippen LogP contribution in [-0.4, -0.2) is 9.13 Å². The van der Waals surface area contributed by atoms with Crippen LogP contribution in [0, 0.1) is 0 Å². The molecule has 8 aromatic carbocycles. The van der Waals surface area contributed by atoms with E-state index in [0.717, 1.165) is 0 Å². The third kappa shape index (κ3) is 3.09. The minimum absolute atomic E-state index is 1.17. The van der Waals surface area contributed by atoms with E-state index in [1.54, 1.807) is 0 Å². The van der Waals surface area contributed by atoms with E-state index in [4.69, 9.17) is 0 Å². The van der Waals surface area contributed by atoms with Gasteiger partial charge in [0.05, 0.1) is 22.1 Å². The Morgan fingerprint density at radius 3 is 1.73 bits per heavy atom. The van der Waals surface area contributed by atoms with Crippen molar-refractivity contribution in [2.75, 3.05) is 0 Å². The Balaban J connectivity index is 1.39. The first-order valence-electron chi connectivity index (χ1n) is 15.2. The number of nitrogens with zero attached hydrogens (tertiary/aromatic N) is 2. The average molecular weight is 559 g/mol. The lowest BCUT2D eigenvalue weighted by Gasteiger charge is -2.14. The molecule has 0 aliphatic carbocycles. The molecule has 2 heteroatoms. The van der Waals surface area contributed by atoms with Gasteiger partial charge in [-0.3, -0.25) is 0 Å². The second-order valence-corrected chi connectivity index (χ2v) is 11.7. The first kappa shape index (κ1) is 23.7. The largest absolute Gasteiger partial charge is 0.309 e. The van der Waals surface area contributed by atoms with Gasteiger partial charge in [0.2, 0.25) is 0 Å². The summed E-state index contributed by atoms with van der Waals surface area (Å²) in [6, 6.07) is 57.7. The summed E-state index contributed by atoms with van der Waals surface area (Å²) >= 11 is 0. The molecule has 2 aromatic heterocycles. The third-order valence-corrected chi connectivity index (χ3v) is 9.45. The van der Waals surface area contributed by atoms with Crippen LogP contribution >= 0.6 is 0 Å². The molecule has 0 radical (unpaired) electrons. The zero-order valence-corrected chi connectivity index (χ0v) is 23.9. The van der Waals surface area contributed by atoms with Crippen LogP contribution in [0.2, 0.25) is 0 Å². The Morgan fingerprint density at radius 1 is 0.295 bits per heavy atom. The molecule has 0 aliphatic rings. The fourth-order valence-electron chi connectivity index (χ4n) is 7.67. The highest BCUT2D eigenvalue weighted by Crippen LogP contribution is 2.45. The van der Waals surface area contributed by atoms with Crippen molar-refractivity contribution in [3.8, 4) is 11.4 Å². The second kappa shape index (κ2) is 8.82. The number of para-hydroxylation sites is 3. The second-order valence-electron chi connectivity index (χ2n) is 11.7. The van der Waals surface area contributed by atoms with Crippen LogP contribution in [0.4, 0.5) is 0 Å². The van der Waals surface area contributed by atoms with Crippen LogP contribution < -0.4 is 0 Å². The fourth-order valence-corrected chi connectivity index (χ4v) is 7.67. The van der Waals surface area contributed by atoms with Crippen LogP contribution in [0.25, 0.3) is 87.3 Å². The van der Waals surface area contributed by atoms with E-state index >= 15 is 0 Å². The van der Waals surface area contributed by atoms with Crippen LogP contribution in [0.15, 0.2) is 158 Å². The molecular weight excluding hydrogens is 532 g/mol. The lowest BCUT2D eigenvalue weighted by molar-refractivity contribution is 1.17. The highest BCUT2D eigenvalue weighted by Gasteiger charge is 2.21. The number of rotatable bonds is 2. The highest BCUT2D eigenvalue weighted by molar-refractivity contribution is 6.36. The third-order valence-electron chi connectivity index (χ3n) is 9.45. The zero-order chi connectivity index (χ0) is 28.8. The molecule has 204 valence electrons. The number of hydrogen-bond acceptors (Lipinski definition) is 0. The van der Waals surface area contributed by atoms with Crippen molar-refractivity contribution in [1.82, 2.24) is 9.13 Å². The van der Waals surface area contributed by atoms with E-state index in [9.17, 15) is 0 Å². The molecule has 0 fully saturated rings. The monoisotopic (exact) mass is 558 g/mol. The van der Waals surface area contributed by atoms with E-state index in [1.807, 2.05) is 0 Å². The van der Waals surface area contributed by atoms with E-state index in [1.165, 1.54) is 87.3 Å². The molecule has 10 aromatic rings. The zero-order valence-electron chi connectivity index (χ0n) is 23.9. The van der Waals surface area contributed by atoms with E-state index in [2.05, 4.69) is 167 Å². The Kier molecular flexibility index (Phi) is 4.75. The van der Waals surface area contributed by atoms with Gasteiger partial charge in [0.15, 0.2) is 0 Å². The normalized spacial score (nSPS) is 12.1. The SMILES string of the molecule is c1ccc(-n2c3ccccc3c3cc(-n4c5ccccc5c5c6ccc7ccccc7c6c6ccccc6c54)ccc32)cc1. The lowest BCUT2D eigenvalue weighted by Crippen LogP contribution is -1.96. The van der Waals surface area contributed by atoms with Gasteiger partial charge in [-0.2, -0.15) is 0 Å². The van der Waals surface area contributed by atoms with Crippen molar-refractivity contribution < 1.29 is 0 Å². The van der Waals surface area contributed by atoms with Crippen molar-refractivity contribution >= 4 is 75.9 Å². The molecule has 0 atom stereocenters. The maximum atomic E-state index is 2.50.